The molecule has 2 aromatic rings. The van der Waals surface area contributed by atoms with Crippen LogP contribution in [0.1, 0.15) is 34.9 Å². The summed E-state index contributed by atoms with van der Waals surface area (Å²) >= 11 is 1.76. The Labute approximate surface area is 208 Å². The molecule has 1 aliphatic heterocycles. The van der Waals surface area contributed by atoms with Crippen LogP contribution in [0.3, 0.4) is 0 Å². The minimum atomic E-state index is 0. The Morgan fingerprint density at radius 2 is 1.71 bits per heavy atom. The number of guanidine groups is 1. The second-order valence-electron chi connectivity index (χ2n) is 7.76. The van der Waals surface area contributed by atoms with Crippen molar-refractivity contribution in [3.05, 3.63) is 51.5 Å². The highest BCUT2D eigenvalue weighted by Gasteiger charge is 2.15. The SMILES string of the molecule is CCNC(=NCc1ccc(CN2CCN(CC)CC2)cc1)NCCc1ncc(C)s1.I. The van der Waals surface area contributed by atoms with Crippen LogP contribution in [-0.2, 0) is 19.5 Å². The lowest BCUT2D eigenvalue weighted by Gasteiger charge is -2.34. The molecule has 8 heteroatoms. The molecule has 0 spiro atoms. The number of aromatic nitrogens is 1. The lowest BCUT2D eigenvalue weighted by molar-refractivity contribution is 0.132. The van der Waals surface area contributed by atoms with Crippen molar-refractivity contribution in [2.24, 2.45) is 4.99 Å². The van der Waals surface area contributed by atoms with Gasteiger partial charge in [-0.05, 0) is 31.5 Å². The molecule has 2 N–H and O–H groups in total. The number of nitrogens with one attached hydrogen (secondary N) is 2. The van der Waals surface area contributed by atoms with Gasteiger partial charge in [0.1, 0.15) is 0 Å². The smallest absolute Gasteiger partial charge is 0.191 e. The standard InChI is InChI=1S/C23H36N6S.HI/c1-4-24-23(25-11-10-22-26-16-19(3)30-22)27-17-20-6-8-21(9-7-20)18-29-14-12-28(5-2)13-15-29;/h6-9,16H,4-5,10-15,17-18H2,1-3H3,(H2,24,25,27);1H. The van der Waals surface area contributed by atoms with Crippen LogP contribution in [0.2, 0.25) is 0 Å². The maximum absolute atomic E-state index is 4.74. The van der Waals surface area contributed by atoms with Gasteiger partial charge in [-0.1, -0.05) is 31.2 Å². The highest BCUT2D eigenvalue weighted by atomic mass is 127. The Hall–Kier alpha value is -1.23. The van der Waals surface area contributed by atoms with Gasteiger partial charge in [0.15, 0.2) is 5.96 Å². The predicted molar refractivity (Wildman–Crippen MR) is 143 cm³/mol. The summed E-state index contributed by atoms with van der Waals surface area (Å²) in [6, 6.07) is 8.93. The van der Waals surface area contributed by atoms with Crippen LogP contribution in [0.4, 0.5) is 0 Å². The molecule has 3 rings (SSSR count). The molecule has 1 fully saturated rings. The lowest BCUT2D eigenvalue weighted by atomic mass is 10.1. The molecule has 2 heterocycles. The molecule has 0 atom stereocenters. The summed E-state index contributed by atoms with van der Waals surface area (Å²) in [5.41, 5.74) is 2.62. The first-order valence-electron chi connectivity index (χ1n) is 11.1. The van der Waals surface area contributed by atoms with E-state index in [1.165, 1.54) is 34.1 Å². The van der Waals surface area contributed by atoms with Crippen molar-refractivity contribution < 1.29 is 0 Å². The molecular formula is C23H37IN6S. The number of aliphatic imine (C=N–C) groups is 1. The number of hydrogen-bond acceptors (Lipinski definition) is 5. The fraction of sp³-hybridized carbons (Fsp3) is 0.565. The summed E-state index contributed by atoms with van der Waals surface area (Å²) in [7, 11) is 0. The molecule has 0 amide bonds. The Balaban J connectivity index is 0.00000341. The molecule has 1 saturated heterocycles. The highest BCUT2D eigenvalue weighted by Crippen LogP contribution is 2.12. The van der Waals surface area contributed by atoms with Gasteiger partial charge < -0.3 is 15.5 Å². The zero-order chi connectivity index (χ0) is 21.2. The monoisotopic (exact) mass is 556 g/mol. The molecule has 1 aromatic heterocycles. The van der Waals surface area contributed by atoms with Gasteiger partial charge in [-0.2, -0.15) is 0 Å². The van der Waals surface area contributed by atoms with Crippen LogP contribution in [0.5, 0.6) is 0 Å². The van der Waals surface area contributed by atoms with Crippen LogP contribution in [0, 0.1) is 6.92 Å². The maximum atomic E-state index is 4.74. The number of benzene rings is 1. The number of piperazine rings is 1. The molecule has 0 bridgehead atoms. The summed E-state index contributed by atoms with van der Waals surface area (Å²) < 4.78 is 0. The zero-order valence-corrected chi connectivity index (χ0v) is 22.2. The maximum Gasteiger partial charge on any atom is 0.191 e. The van der Waals surface area contributed by atoms with E-state index in [0.717, 1.165) is 51.6 Å². The number of hydrogen-bond donors (Lipinski definition) is 2. The third kappa shape index (κ3) is 9.03. The largest absolute Gasteiger partial charge is 0.357 e. The molecule has 1 aliphatic rings. The minimum Gasteiger partial charge on any atom is -0.357 e. The van der Waals surface area contributed by atoms with Gasteiger partial charge >= 0.3 is 0 Å². The Morgan fingerprint density at radius 3 is 2.32 bits per heavy atom. The van der Waals surface area contributed by atoms with Crippen molar-refractivity contribution in [3.63, 3.8) is 0 Å². The second-order valence-corrected chi connectivity index (χ2v) is 9.08. The van der Waals surface area contributed by atoms with E-state index in [-0.39, 0.29) is 24.0 Å². The zero-order valence-electron chi connectivity index (χ0n) is 19.1. The van der Waals surface area contributed by atoms with Gasteiger partial charge in [0.05, 0.1) is 11.6 Å². The number of rotatable bonds is 9. The highest BCUT2D eigenvalue weighted by molar-refractivity contribution is 14.0. The first-order chi connectivity index (χ1) is 14.7. The second kappa shape index (κ2) is 14.0. The van der Waals surface area contributed by atoms with Crippen molar-refractivity contribution >= 4 is 41.3 Å². The van der Waals surface area contributed by atoms with Crippen LogP contribution < -0.4 is 10.6 Å². The van der Waals surface area contributed by atoms with E-state index in [4.69, 9.17) is 4.99 Å². The number of likely N-dealkylation sites (N-methyl/N-ethyl adjacent to an activating group) is 1. The first kappa shape index (κ1) is 26.0. The lowest BCUT2D eigenvalue weighted by Crippen LogP contribution is -2.45. The fourth-order valence-electron chi connectivity index (χ4n) is 3.59. The van der Waals surface area contributed by atoms with Gasteiger partial charge in [0.25, 0.3) is 0 Å². The Kier molecular flexibility index (Phi) is 11.8. The van der Waals surface area contributed by atoms with E-state index in [9.17, 15) is 0 Å². The molecule has 0 saturated carbocycles. The van der Waals surface area contributed by atoms with Gasteiger partial charge in [-0.15, -0.1) is 35.3 Å². The fourth-order valence-corrected chi connectivity index (χ4v) is 4.38. The number of thiazole rings is 1. The van der Waals surface area contributed by atoms with Crippen molar-refractivity contribution in [2.75, 3.05) is 45.8 Å². The molecule has 1 aromatic carbocycles. The van der Waals surface area contributed by atoms with Gasteiger partial charge in [-0.3, -0.25) is 4.90 Å². The summed E-state index contributed by atoms with van der Waals surface area (Å²) in [6.07, 6.45) is 2.86. The van der Waals surface area contributed by atoms with Crippen molar-refractivity contribution in [2.45, 2.75) is 40.3 Å². The Bertz CT molecular complexity index is 784. The van der Waals surface area contributed by atoms with Crippen molar-refractivity contribution in [1.82, 2.24) is 25.4 Å². The van der Waals surface area contributed by atoms with E-state index in [1.807, 2.05) is 6.20 Å². The molecule has 0 aliphatic carbocycles. The van der Waals surface area contributed by atoms with E-state index < -0.39 is 0 Å². The van der Waals surface area contributed by atoms with Crippen molar-refractivity contribution in [1.29, 1.82) is 0 Å². The van der Waals surface area contributed by atoms with Crippen LogP contribution in [-0.4, -0.2) is 66.6 Å². The minimum absolute atomic E-state index is 0. The van der Waals surface area contributed by atoms with Crippen LogP contribution in [0.15, 0.2) is 35.5 Å². The molecule has 31 heavy (non-hydrogen) atoms. The normalized spacial score (nSPS) is 15.5. The molecular weight excluding hydrogens is 519 g/mol. The third-order valence-corrected chi connectivity index (χ3v) is 6.38. The van der Waals surface area contributed by atoms with E-state index in [0.29, 0.717) is 6.54 Å². The predicted octanol–water partition coefficient (Wildman–Crippen LogP) is 3.50. The number of nitrogens with zero attached hydrogens (tertiary/aromatic N) is 4. The summed E-state index contributed by atoms with van der Waals surface area (Å²) in [5, 5.41) is 7.92. The average Bonchev–Trinajstić information content (AvgIpc) is 3.18. The van der Waals surface area contributed by atoms with Gasteiger partial charge in [0, 0.05) is 63.3 Å². The topological polar surface area (TPSA) is 55.8 Å². The average molecular weight is 557 g/mol. The van der Waals surface area contributed by atoms with Crippen molar-refractivity contribution in [3.8, 4) is 0 Å². The third-order valence-electron chi connectivity index (χ3n) is 5.41. The van der Waals surface area contributed by atoms with Crippen LogP contribution >= 0.6 is 35.3 Å². The van der Waals surface area contributed by atoms with Gasteiger partial charge in [-0.25, -0.2) is 9.98 Å². The van der Waals surface area contributed by atoms with Crippen LogP contribution in [0.25, 0.3) is 0 Å². The summed E-state index contributed by atoms with van der Waals surface area (Å²) in [4.78, 5) is 15.5. The van der Waals surface area contributed by atoms with E-state index in [1.54, 1.807) is 11.3 Å². The van der Waals surface area contributed by atoms with Gasteiger partial charge in [0.2, 0.25) is 0 Å². The molecule has 6 nitrogen and oxygen atoms in total. The molecule has 0 radical (unpaired) electrons. The summed E-state index contributed by atoms with van der Waals surface area (Å²) in [5.74, 6) is 0.864. The Morgan fingerprint density at radius 1 is 1.03 bits per heavy atom. The molecule has 0 unspecified atom stereocenters. The first-order valence-corrected chi connectivity index (χ1v) is 11.9. The number of aryl methyl sites for hydroxylation is 1. The van der Waals surface area contributed by atoms with E-state index in [2.05, 4.69) is 70.5 Å². The number of halogens is 1. The van der Waals surface area contributed by atoms with E-state index >= 15 is 0 Å². The quantitative estimate of drug-likeness (QED) is 0.282. The summed E-state index contributed by atoms with van der Waals surface area (Å²) in [6.45, 7) is 15.7. The molecule has 172 valence electrons.